The molecule has 0 unspecified atom stereocenters. The SMILES string of the molecule is CC(=CCCl)c1ccc(Br)cc1. The first-order valence-corrected chi connectivity index (χ1v) is 5.05. The quantitative estimate of drug-likeness (QED) is 0.689. The van der Waals surface area contributed by atoms with Gasteiger partial charge in [0.15, 0.2) is 0 Å². The molecular formula is C10H10BrCl. The van der Waals surface area contributed by atoms with Crippen molar-refractivity contribution >= 4 is 33.1 Å². The van der Waals surface area contributed by atoms with Crippen LogP contribution in [0, 0.1) is 0 Å². The number of halogens is 2. The monoisotopic (exact) mass is 244 g/mol. The van der Waals surface area contributed by atoms with E-state index in [4.69, 9.17) is 11.6 Å². The molecule has 0 heterocycles. The lowest BCUT2D eigenvalue weighted by atomic mass is 10.1. The number of hydrogen-bond acceptors (Lipinski definition) is 0. The predicted molar refractivity (Wildman–Crippen MR) is 58.5 cm³/mol. The molecule has 0 atom stereocenters. The zero-order valence-electron chi connectivity index (χ0n) is 6.85. The van der Waals surface area contributed by atoms with Crippen LogP contribution in [-0.2, 0) is 0 Å². The molecule has 0 aromatic heterocycles. The zero-order chi connectivity index (χ0) is 8.97. The van der Waals surface area contributed by atoms with E-state index in [2.05, 4.69) is 35.0 Å². The van der Waals surface area contributed by atoms with Crippen LogP contribution in [0.2, 0.25) is 0 Å². The van der Waals surface area contributed by atoms with Gasteiger partial charge in [-0.3, -0.25) is 0 Å². The Bertz CT molecular complexity index is 274. The Labute approximate surface area is 86.4 Å². The molecule has 1 aromatic rings. The summed E-state index contributed by atoms with van der Waals surface area (Å²) in [5, 5.41) is 0. The van der Waals surface area contributed by atoms with Crippen LogP contribution in [0.5, 0.6) is 0 Å². The molecule has 0 aliphatic rings. The molecule has 64 valence electrons. The summed E-state index contributed by atoms with van der Waals surface area (Å²) in [4.78, 5) is 0. The van der Waals surface area contributed by atoms with Crippen LogP contribution in [0.15, 0.2) is 34.8 Å². The van der Waals surface area contributed by atoms with E-state index in [0.29, 0.717) is 5.88 Å². The molecule has 0 spiro atoms. The second-order valence-electron chi connectivity index (χ2n) is 2.55. The summed E-state index contributed by atoms with van der Waals surface area (Å²) in [5.74, 6) is 0.571. The van der Waals surface area contributed by atoms with Crippen LogP contribution < -0.4 is 0 Å². The third-order valence-electron chi connectivity index (χ3n) is 1.68. The van der Waals surface area contributed by atoms with Gasteiger partial charge in [-0.2, -0.15) is 0 Å². The summed E-state index contributed by atoms with van der Waals surface area (Å²) in [6.45, 7) is 2.06. The maximum Gasteiger partial charge on any atom is 0.0409 e. The molecule has 2 heteroatoms. The van der Waals surface area contributed by atoms with Gasteiger partial charge in [-0.25, -0.2) is 0 Å². The molecule has 0 aliphatic heterocycles. The fourth-order valence-electron chi connectivity index (χ4n) is 0.946. The molecular weight excluding hydrogens is 235 g/mol. The molecule has 0 amide bonds. The highest BCUT2D eigenvalue weighted by Crippen LogP contribution is 2.17. The summed E-state index contributed by atoms with van der Waals surface area (Å²) < 4.78 is 1.10. The van der Waals surface area contributed by atoms with Crippen molar-refractivity contribution in [1.82, 2.24) is 0 Å². The fraction of sp³-hybridized carbons (Fsp3) is 0.200. The van der Waals surface area contributed by atoms with Crippen LogP contribution in [0.25, 0.3) is 5.57 Å². The van der Waals surface area contributed by atoms with E-state index < -0.39 is 0 Å². The van der Waals surface area contributed by atoms with Gasteiger partial charge in [0, 0.05) is 10.4 Å². The van der Waals surface area contributed by atoms with E-state index in [0.717, 1.165) is 4.47 Å². The molecule has 0 N–H and O–H groups in total. The average Bonchev–Trinajstić information content (AvgIpc) is 2.06. The molecule has 1 aromatic carbocycles. The van der Waals surface area contributed by atoms with Crippen molar-refractivity contribution < 1.29 is 0 Å². The maximum absolute atomic E-state index is 5.59. The topological polar surface area (TPSA) is 0 Å². The molecule has 0 fully saturated rings. The van der Waals surface area contributed by atoms with Crippen molar-refractivity contribution in [3.05, 3.63) is 40.4 Å². The molecule has 0 aliphatic carbocycles. The lowest BCUT2D eigenvalue weighted by Gasteiger charge is -2.00. The molecule has 12 heavy (non-hydrogen) atoms. The number of rotatable bonds is 2. The van der Waals surface area contributed by atoms with Gasteiger partial charge in [-0.15, -0.1) is 11.6 Å². The van der Waals surface area contributed by atoms with Gasteiger partial charge in [0.25, 0.3) is 0 Å². The third kappa shape index (κ3) is 2.65. The van der Waals surface area contributed by atoms with Crippen molar-refractivity contribution in [3.63, 3.8) is 0 Å². The Balaban J connectivity index is 2.89. The standard InChI is InChI=1S/C10H10BrCl/c1-8(6-7-12)9-2-4-10(11)5-3-9/h2-6H,7H2,1H3. The highest BCUT2D eigenvalue weighted by Gasteiger charge is 1.93. The number of hydrogen-bond donors (Lipinski definition) is 0. The van der Waals surface area contributed by atoms with Crippen molar-refractivity contribution in [2.75, 3.05) is 5.88 Å². The minimum atomic E-state index is 0.571. The Kier molecular flexibility index (Phi) is 3.83. The molecule has 1 rings (SSSR count). The summed E-state index contributed by atoms with van der Waals surface area (Å²) in [5.41, 5.74) is 2.44. The lowest BCUT2D eigenvalue weighted by molar-refractivity contribution is 1.53. The van der Waals surface area contributed by atoms with E-state index in [1.54, 1.807) is 0 Å². The van der Waals surface area contributed by atoms with Crippen LogP contribution in [-0.4, -0.2) is 5.88 Å². The Morgan fingerprint density at radius 2 is 2.00 bits per heavy atom. The molecule has 0 radical (unpaired) electrons. The zero-order valence-corrected chi connectivity index (χ0v) is 9.19. The number of allylic oxidation sites excluding steroid dienone is 2. The van der Waals surface area contributed by atoms with Gasteiger partial charge in [-0.05, 0) is 30.2 Å². The normalized spacial score (nSPS) is 11.8. The fourth-order valence-corrected chi connectivity index (χ4v) is 1.44. The van der Waals surface area contributed by atoms with Gasteiger partial charge in [0.05, 0.1) is 0 Å². The minimum absolute atomic E-state index is 0.571. The second-order valence-corrected chi connectivity index (χ2v) is 3.77. The van der Waals surface area contributed by atoms with E-state index in [1.165, 1.54) is 11.1 Å². The summed E-state index contributed by atoms with van der Waals surface area (Å²) >= 11 is 8.98. The van der Waals surface area contributed by atoms with Crippen molar-refractivity contribution in [2.24, 2.45) is 0 Å². The van der Waals surface area contributed by atoms with E-state index in [-0.39, 0.29) is 0 Å². The first kappa shape index (κ1) is 9.82. The Morgan fingerprint density at radius 1 is 1.42 bits per heavy atom. The highest BCUT2D eigenvalue weighted by atomic mass is 79.9. The smallest absolute Gasteiger partial charge is 0.0409 e. The van der Waals surface area contributed by atoms with Gasteiger partial charge in [0.2, 0.25) is 0 Å². The van der Waals surface area contributed by atoms with Gasteiger partial charge < -0.3 is 0 Å². The largest absolute Gasteiger partial charge is 0.122 e. The van der Waals surface area contributed by atoms with Crippen molar-refractivity contribution in [2.45, 2.75) is 6.92 Å². The summed E-state index contributed by atoms with van der Waals surface area (Å²) in [7, 11) is 0. The number of benzene rings is 1. The van der Waals surface area contributed by atoms with Crippen LogP contribution in [0.1, 0.15) is 12.5 Å². The lowest BCUT2D eigenvalue weighted by Crippen LogP contribution is -1.78. The molecule has 0 saturated carbocycles. The summed E-state index contributed by atoms with van der Waals surface area (Å²) in [6, 6.07) is 8.20. The van der Waals surface area contributed by atoms with Gasteiger partial charge in [-0.1, -0.05) is 34.1 Å². The summed E-state index contributed by atoms with van der Waals surface area (Å²) in [6.07, 6.45) is 2.00. The second kappa shape index (κ2) is 4.68. The number of alkyl halides is 1. The van der Waals surface area contributed by atoms with Gasteiger partial charge in [0.1, 0.15) is 0 Å². The van der Waals surface area contributed by atoms with Crippen molar-refractivity contribution in [3.8, 4) is 0 Å². The highest BCUT2D eigenvalue weighted by molar-refractivity contribution is 9.10. The molecule has 0 nitrogen and oxygen atoms in total. The third-order valence-corrected chi connectivity index (χ3v) is 2.37. The molecule has 0 saturated heterocycles. The average molecular weight is 246 g/mol. The van der Waals surface area contributed by atoms with E-state index in [9.17, 15) is 0 Å². The van der Waals surface area contributed by atoms with E-state index >= 15 is 0 Å². The Morgan fingerprint density at radius 3 is 2.50 bits per heavy atom. The van der Waals surface area contributed by atoms with Crippen LogP contribution in [0.3, 0.4) is 0 Å². The van der Waals surface area contributed by atoms with E-state index in [1.807, 2.05) is 18.2 Å². The van der Waals surface area contributed by atoms with Crippen molar-refractivity contribution in [1.29, 1.82) is 0 Å². The predicted octanol–water partition coefficient (Wildman–Crippen LogP) is 4.09. The van der Waals surface area contributed by atoms with Crippen LogP contribution >= 0.6 is 27.5 Å². The minimum Gasteiger partial charge on any atom is -0.122 e. The first-order chi connectivity index (χ1) is 5.74. The van der Waals surface area contributed by atoms with Gasteiger partial charge >= 0.3 is 0 Å². The first-order valence-electron chi connectivity index (χ1n) is 3.72. The maximum atomic E-state index is 5.59. The Hall–Kier alpha value is -0.270. The van der Waals surface area contributed by atoms with Crippen LogP contribution in [0.4, 0.5) is 0 Å². The molecule has 0 bridgehead atoms.